The Labute approximate surface area is 151 Å². The first kappa shape index (κ1) is 17.0. The monoisotopic (exact) mass is 351 g/mol. The van der Waals surface area contributed by atoms with Crippen molar-refractivity contribution in [1.29, 1.82) is 0 Å². The highest BCUT2D eigenvalue weighted by atomic mass is 35.5. The lowest BCUT2D eigenvalue weighted by atomic mass is 10.1. The molecule has 4 nitrogen and oxygen atoms in total. The standard InChI is InChI=1S/C20H18ClN3O/c1-14-22-13-19(24(14)2)16-6-4-8-18(12-16)23-20(25)10-9-15-5-3-7-17(21)11-15/h3-13H,1-2H3,(H,23,25)/b10-9+. The number of aryl methyl sites for hydroxylation is 1. The van der Waals surface area contributed by atoms with Gasteiger partial charge in [0.15, 0.2) is 0 Å². The number of carbonyl (C=O) groups is 1. The van der Waals surface area contributed by atoms with Crippen LogP contribution < -0.4 is 5.32 Å². The second-order valence-corrected chi connectivity index (χ2v) is 6.14. The Hall–Kier alpha value is -2.85. The summed E-state index contributed by atoms with van der Waals surface area (Å²) in [5.74, 6) is 0.743. The molecule has 0 aliphatic carbocycles. The van der Waals surface area contributed by atoms with E-state index in [1.54, 1.807) is 18.2 Å². The Morgan fingerprint density at radius 1 is 1.20 bits per heavy atom. The van der Waals surface area contributed by atoms with Crippen LogP contribution in [0.3, 0.4) is 0 Å². The van der Waals surface area contributed by atoms with Gasteiger partial charge < -0.3 is 9.88 Å². The highest BCUT2D eigenvalue weighted by molar-refractivity contribution is 6.30. The minimum atomic E-state index is -0.196. The van der Waals surface area contributed by atoms with Crippen molar-refractivity contribution in [2.75, 3.05) is 5.32 Å². The maximum absolute atomic E-state index is 12.1. The third-order valence-corrected chi connectivity index (χ3v) is 4.16. The van der Waals surface area contributed by atoms with Crippen molar-refractivity contribution in [3.8, 4) is 11.3 Å². The van der Waals surface area contributed by atoms with Crippen molar-refractivity contribution in [3.63, 3.8) is 0 Å². The molecule has 1 aromatic heterocycles. The average molecular weight is 352 g/mol. The van der Waals surface area contributed by atoms with E-state index in [0.29, 0.717) is 5.02 Å². The summed E-state index contributed by atoms with van der Waals surface area (Å²) >= 11 is 5.94. The largest absolute Gasteiger partial charge is 0.331 e. The number of nitrogens with zero attached hydrogens (tertiary/aromatic N) is 2. The summed E-state index contributed by atoms with van der Waals surface area (Å²) < 4.78 is 2.01. The molecule has 0 unspecified atom stereocenters. The number of nitrogens with one attached hydrogen (secondary N) is 1. The molecule has 0 aliphatic heterocycles. The number of rotatable bonds is 4. The number of anilines is 1. The number of benzene rings is 2. The number of amides is 1. The summed E-state index contributed by atoms with van der Waals surface area (Å²) in [5, 5.41) is 3.52. The molecule has 2 aromatic carbocycles. The Bertz CT molecular complexity index is 944. The molecule has 0 saturated carbocycles. The van der Waals surface area contributed by atoms with Crippen LogP contribution >= 0.6 is 11.6 Å². The SMILES string of the molecule is Cc1ncc(-c2cccc(NC(=O)/C=C/c3cccc(Cl)c3)c2)n1C. The van der Waals surface area contributed by atoms with Crippen LogP contribution in [0.5, 0.6) is 0 Å². The normalized spacial score (nSPS) is 11.0. The molecule has 0 atom stereocenters. The van der Waals surface area contributed by atoms with Gasteiger partial charge >= 0.3 is 0 Å². The number of aromatic nitrogens is 2. The molecule has 3 rings (SSSR count). The van der Waals surface area contributed by atoms with Crippen LogP contribution in [-0.4, -0.2) is 15.5 Å². The van der Waals surface area contributed by atoms with Crippen molar-refractivity contribution in [3.05, 3.63) is 77.2 Å². The molecule has 5 heteroatoms. The number of carbonyl (C=O) groups excluding carboxylic acids is 1. The zero-order valence-corrected chi connectivity index (χ0v) is 14.8. The van der Waals surface area contributed by atoms with Crippen LogP contribution in [0.15, 0.2) is 60.8 Å². The topological polar surface area (TPSA) is 46.9 Å². The van der Waals surface area contributed by atoms with E-state index < -0.39 is 0 Å². The molecule has 0 bridgehead atoms. The second-order valence-electron chi connectivity index (χ2n) is 5.71. The average Bonchev–Trinajstić information content (AvgIpc) is 2.93. The van der Waals surface area contributed by atoms with Gasteiger partial charge in [-0.15, -0.1) is 0 Å². The van der Waals surface area contributed by atoms with Crippen molar-refractivity contribution in [2.45, 2.75) is 6.92 Å². The fraction of sp³-hybridized carbons (Fsp3) is 0.100. The van der Waals surface area contributed by atoms with E-state index in [1.165, 1.54) is 6.08 Å². The van der Waals surface area contributed by atoms with Gasteiger partial charge in [0, 0.05) is 29.4 Å². The molecular formula is C20H18ClN3O. The summed E-state index contributed by atoms with van der Waals surface area (Å²) in [6.07, 6.45) is 5.05. The minimum absolute atomic E-state index is 0.196. The molecule has 126 valence electrons. The maximum atomic E-state index is 12.1. The molecule has 0 radical (unpaired) electrons. The molecule has 0 spiro atoms. The Morgan fingerprint density at radius 2 is 2.00 bits per heavy atom. The van der Waals surface area contributed by atoms with Crippen LogP contribution in [0.2, 0.25) is 5.02 Å². The third kappa shape index (κ3) is 4.17. The fourth-order valence-electron chi connectivity index (χ4n) is 2.49. The van der Waals surface area contributed by atoms with E-state index in [1.807, 2.05) is 61.1 Å². The van der Waals surface area contributed by atoms with E-state index in [0.717, 1.165) is 28.3 Å². The van der Waals surface area contributed by atoms with Crippen molar-refractivity contribution in [2.24, 2.45) is 7.05 Å². The van der Waals surface area contributed by atoms with Gasteiger partial charge in [-0.3, -0.25) is 4.79 Å². The predicted octanol–water partition coefficient (Wildman–Crippen LogP) is 4.70. The van der Waals surface area contributed by atoms with E-state index in [2.05, 4.69) is 10.3 Å². The van der Waals surface area contributed by atoms with Gasteiger partial charge in [-0.2, -0.15) is 0 Å². The van der Waals surface area contributed by atoms with Crippen LogP contribution in [-0.2, 0) is 11.8 Å². The van der Waals surface area contributed by atoms with Crippen LogP contribution in [0.25, 0.3) is 17.3 Å². The van der Waals surface area contributed by atoms with E-state index >= 15 is 0 Å². The number of imidazole rings is 1. The summed E-state index contributed by atoms with van der Waals surface area (Å²) in [4.78, 5) is 16.4. The number of halogens is 1. The highest BCUT2D eigenvalue weighted by Gasteiger charge is 2.07. The third-order valence-electron chi connectivity index (χ3n) is 3.92. The maximum Gasteiger partial charge on any atom is 0.248 e. The van der Waals surface area contributed by atoms with E-state index in [-0.39, 0.29) is 5.91 Å². The van der Waals surface area contributed by atoms with Gasteiger partial charge in [0.2, 0.25) is 5.91 Å². The molecular weight excluding hydrogens is 334 g/mol. The Balaban J connectivity index is 1.74. The number of hydrogen-bond donors (Lipinski definition) is 1. The molecule has 0 saturated heterocycles. The Morgan fingerprint density at radius 3 is 2.72 bits per heavy atom. The first-order valence-corrected chi connectivity index (χ1v) is 8.24. The summed E-state index contributed by atoms with van der Waals surface area (Å²) in [6, 6.07) is 15.0. The molecule has 3 aromatic rings. The zero-order valence-electron chi connectivity index (χ0n) is 14.0. The fourth-order valence-corrected chi connectivity index (χ4v) is 2.69. The lowest BCUT2D eigenvalue weighted by molar-refractivity contribution is -0.111. The lowest BCUT2D eigenvalue weighted by Gasteiger charge is -2.07. The van der Waals surface area contributed by atoms with Gasteiger partial charge in [0.05, 0.1) is 11.9 Å². The van der Waals surface area contributed by atoms with E-state index in [9.17, 15) is 4.79 Å². The van der Waals surface area contributed by atoms with Crippen LogP contribution in [0.4, 0.5) is 5.69 Å². The molecule has 0 fully saturated rings. The highest BCUT2D eigenvalue weighted by Crippen LogP contribution is 2.23. The molecule has 1 amide bonds. The quantitative estimate of drug-likeness (QED) is 0.692. The van der Waals surface area contributed by atoms with Gasteiger partial charge in [0.25, 0.3) is 0 Å². The predicted molar refractivity (Wildman–Crippen MR) is 102 cm³/mol. The zero-order chi connectivity index (χ0) is 17.8. The van der Waals surface area contributed by atoms with Crippen molar-refractivity contribution in [1.82, 2.24) is 9.55 Å². The first-order chi connectivity index (χ1) is 12.0. The smallest absolute Gasteiger partial charge is 0.248 e. The lowest BCUT2D eigenvalue weighted by Crippen LogP contribution is -2.07. The molecule has 0 aliphatic rings. The number of hydrogen-bond acceptors (Lipinski definition) is 2. The minimum Gasteiger partial charge on any atom is -0.331 e. The van der Waals surface area contributed by atoms with Gasteiger partial charge in [-0.25, -0.2) is 4.98 Å². The second kappa shape index (κ2) is 7.36. The van der Waals surface area contributed by atoms with Gasteiger partial charge in [-0.05, 0) is 42.8 Å². The molecule has 1 N–H and O–H groups in total. The van der Waals surface area contributed by atoms with E-state index in [4.69, 9.17) is 11.6 Å². The first-order valence-electron chi connectivity index (χ1n) is 7.86. The van der Waals surface area contributed by atoms with Crippen LogP contribution in [0.1, 0.15) is 11.4 Å². The van der Waals surface area contributed by atoms with Crippen molar-refractivity contribution >= 4 is 29.3 Å². The summed E-state index contributed by atoms with van der Waals surface area (Å²) in [5.41, 5.74) is 3.61. The van der Waals surface area contributed by atoms with Gasteiger partial charge in [-0.1, -0.05) is 35.9 Å². The molecule has 25 heavy (non-hydrogen) atoms. The van der Waals surface area contributed by atoms with Crippen molar-refractivity contribution < 1.29 is 4.79 Å². The van der Waals surface area contributed by atoms with Crippen LogP contribution in [0, 0.1) is 6.92 Å². The molecule has 1 heterocycles. The summed E-state index contributed by atoms with van der Waals surface area (Å²) in [7, 11) is 1.97. The van der Waals surface area contributed by atoms with Gasteiger partial charge in [0.1, 0.15) is 5.82 Å². The Kier molecular flexibility index (Phi) is 5.00. The summed E-state index contributed by atoms with van der Waals surface area (Å²) in [6.45, 7) is 1.95.